The lowest BCUT2D eigenvalue weighted by Gasteiger charge is -2.06. The molecule has 0 fully saturated rings. The molecule has 1 amide bonds. The first kappa shape index (κ1) is 12.9. The van der Waals surface area contributed by atoms with E-state index in [-0.39, 0.29) is 5.91 Å². The van der Waals surface area contributed by atoms with E-state index in [0.717, 1.165) is 5.69 Å². The quantitative estimate of drug-likeness (QED) is 0.782. The highest BCUT2D eigenvalue weighted by atomic mass is 16.1. The van der Waals surface area contributed by atoms with E-state index in [1.807, 2.05) is 19.1 Å². The van der Waals surface area contributed by atoms with Crippen LogP contribution in [-0.2, 0) is 0 Å². The van der Waals surface area contributed by atoms with Crippen LogP contribution >= 0.6 is 0 Å². The third-order valence-electron chi connectivity index (χ3n) is 2.40. The lowest BCUT2D eigenvalue weighted by Crippen LogP contribution is -2.29. The van der Waals surface area contributed by atoms with Crippen LogP contribution in [0.4, 0.5) is 5.82 Å². The topological polar surface area (TPSA) is 79.8 Å². The molecule has 6 heteroatoms. The summed E-state index contributed by atoms with van der Waals surface area (Å²) in [5, 5.41) is 5.84. The van der Waals surface area contributed by atoms with Crippen LogP contribution < -0.4 is 10.6 Å². The molecule has 0 saturated heterocycles. The Bertz CT molecular complexity index is 544. The molecular formula is C13H15N5O. The second-order valence-corrected chi connectivity index (χ2v) is 3.94. The van der Waals surface area contributed by atoms with Gasteiger partial charge in [0.1, 0.15) is 11.5 Å². The van der Waals surface area contributed by atoms with E-state index in [1.165, 1.54) is 0 Å². The monoisotopic (exact) mass is 257 g/mol. The summed E-state index contributed by atoms with van der Waals surface area (Å²) in [5.41, 5.74) is 1.25. The lowest BCUT2D eigenvalue weighted by molar-refractivity contribution is 0.0950. The third kappa shape index (κ3) is 4.02. The minimum Gasteiger partial charge on any atom is -0.367 e. The summed E-state index contributed by atoms with van der Waals surface area (Å²) >= 11 is 0. The van der Waals surface area contributed by atoms with Gasteiger partial charge >= 0.3 is 0 Å². The average molecular weight is 257 g/mol. The molecule has 98 valence electrons. The second-order valence-electron chi connectivity index (χ2n) is 3.94. The summed E-state index contributed by atoms with van der Waals surface area (Å²) < 4.78 is 0. The predicted octanol–water partition coefficient (Wildman–Crippen LogP) is 1.02. The molecule has 2 aromatic rings. The second kappa shape index (κ2) is 6.44. The number of pyridine rings is 1. The van der Waals surface area contributed by atoms with E-state index < -0.39 is 0 Å². The molecule has 2 aromatic heterocycles. The van der Waals surface area contributed by atoms with Gasteiger partial charge in [0.2, 0.25) is 0 Å². The molecule has 0 radical (unpaired) electrons. The standard InChI is InChI=1S/C13H15N5O/c1-10-3-2-4-11(18-10)13(19)17-8-7-16-12-9-14-5-6-15-12/h2-6,9H,7-8H2,1H3,(H,15,16)(H,17,19). The zero-order valence-electron chi connectivity index (χ0n) is 10.6. The largest absolute Gasteiger partial charge is 0.367 e. The van der Waals surface area contributed by atoms with Crippen LogP contribution in [0, 0.1) is 6.92 Å². The van der Waals surface area contributed by atoms with E-state index in [2.05, 4.69) is 25.6 Å². The predicted molar refractivity (Wildman–Crippen MR) is 71.8 cm³/mol. The van der Waals surface area contributed by atoms with Crippen LogP contribution in [0.15, 0.2) is 36.8 Å². The van der Waals surface area contributed by atoms with Crippen molar-refractivity contribution in [3.05, 3.63) is 48.2 Å². The van der Waals surface area contributed by atoms with Gasteiger partial charge in [-0.2, -0.15) is 0 Å². The Morgan fingerprint density at radius 2 is 2.16 bits per heavy atom. The lowest BCUT2D eigenvalue weighted by atomic mass is 10.3. The number of aryl methyl sites for hydroxylation is 1. The number of aromatic nitrogens is 3. The van der Waals surface area contributed by atoms with Crippen LogP contribution in [0.2, 0.25) is 0 Å². The van der Waals surface area contributed by atoms with Gasteiger partial charge in [0.15, 0.2) is 0 Å². The van der Waals surface area contributed by atoms with E-state index in [0.29, 0.717) is 24.6 Å². The molecule has 0 bridgehead atoms. The molecule has 2 heterocycles. The van der Waals surface area contributed by atoms with Crippen LogP contribution in [0.1, 0.15) is 16.2 Å². The molecule has 2 N–H and O–H groups in total. The average Bonchev–Trinajstić information content (AvgIpc) is 2.44. The van der Waals surface area contributed by atoms with Gasteiger partial charge in [-0.15, -0.1) is 0 Å². The molecule has 0 atom stereocenters. The minimum atomic E-state index is -0.176. The number of carbonyl (C=O) groups is 1. The summed E-state index contributed by atoms with van der Waals surface area (Å²) in [6.07, 6.45) is 4.85. The summed E-state index contributed by atoms with van der Waals surface area (Å²) in [4.78, 5) is 23.9. The number of hydrogen-bond donors (Lipinski definition) is 2. The van der Waals surface area contributed by atoms with Crippen molar-refractivity contribution in [2.45, 2.75) is 6.92 Å². The van der Waals surface area contributed by atoms with Gasteiger partial charge in [-0.3, -0.25) is 9.78 Å². The molecule has 0 saturated carbocycles. The number of anilines is 1. The summed E-state index contributed by atoms with van der Waals surface area (Å²) in [6.45, 7) is 2.92. The van der Waals surface area contributed by atoms with Crippen LogP contribution in [0.5, 0.6) is 0 Å². The Morgan fingerprint density at radius 3 is 2.89 bits per heavy atom. The van der Waals surface area contributed by atoms with Crippen molar-refractivity contribution >= 4 is 11.7 Å². The van der Waals surface area contributed by atoms with Gasteiger partial charge in [-0.1, -0.05) is 6.07 Å². The number of nitrogens with one attached hydrogen (secondary N) is 2. The highest BCUT2D eigenvalue weighted by Crippen LogP contribution is 1.98. The molecule has 6 nitrogen and oxygen atoms in total. The maximum atomic E-state index is 11.8. The summed E-state index contributed by atoms with van der Waals surface area (Å²) in [7, 11) is 0. The van der Waals surface area contributed by atoms with E-state index in [4.69, 9.17) is 0 Å². The summed E-state index contributed by atoms with van der Waals surface area (Å²) in [6, 6.07) is 5.36. The first-order valence-electron chi connectivity index (χ1n) is 5.97. The zero-order valence-corrected chi connectivity index (χ0v) is 10.6. The van der Waals surface area contributed by atoms with Gasteiger partial charge < -0.3 is 10.6 Å². The normalized spacial score (nSPS) is 9.95. The van der Waals surface area contributed by atoms with E-state index in [9.17, 15) is 4.79 Å². The maximum absolute atomic E-state index is 11.8. The van der Waals surface area contributed by atoms with Crippen LogP contribution in [-0.4, -0.2) is 33.9 Å². The minimum absolute atomic E-state index is 0.176. The fraction of sp³-hybridized carbons (Fsp3) is 0.231. The van der Waals surface area contributed by atoms with Gasteiger partial charge in [0.25, 0.3) is 5.91 Å². The molecule has 0 spiro atoms. The molecule has 19 heavy (non-hydrogen) atoms. The first-order chi connectivity index (χ1) is 9.25. The first-order valence-corrected chi connectivity index (χ1v) is 5.97. The fourth-order valence-electron chi connectivity index (χ4n) is 1.52. The zero-order chi connectivity index (χ0) is 13.5. The molecule has 0 aliphatic heterocycles. The fourth-order valence-corrected chi connectivity index (χ4v) is 1.52. The van der Waals surface area contributed by atoms with Crippen molar-refractivity contribution in [1.29, 1.82) is 0 Å². The number of amides is 1. The Hall–Kier alpha value is -2.50. The Morgan fingerprint density at radius 1 is 1.26 bits per heavy atom. The SMILES string of the molecule is Cc1cccc(C(=O)NCCNc2cnccn2)n1. The van der Waals surface area contributed by atoms with Crippen molar-refractivity contribution in [3.63, 3.8) is 0 Å². The van der Waals surface area contributed by atoms with E-state index in [1.54, 1.807) is 24.7 Å². The maximum Gasteiger partial charge on any atom is 0.269 e. The Kier molecular flexibility index (Phi) is 4.39. The van der Waals surface area contributed by atoms with Crippen molar-refractivity contribution < 1.29 is 4.79 Å². The van der Waals surface area contributed by atoms with Crippen LogP contribution in [0.25, 0.3) is 0 Å². The molecule has 2 rings (SSSR count). The Balaban J connectivity index is 1.75. The number of rotatable bonds is 5. The molecule has 0 unspecified atom stereocenters. The van der Waals surface area contributed by atoms with Gasteiger partial charge in [-0.25, -0.2) is 9.97 Å². The summed E-state index contributed by atoms with van der Waals surface area (Å²) in [5.74, 6) is 0.509. The van der Waals surface area contributed by atoms with Gasteiger partial charge in [-0.05, 0) is 19.1 Å². The molecule has 0 aliphatic rings. The molecule has 0 aliphatic carbocycles. The highest BCUT2D eigenvalue weighted by Gasteiger charge is 2.05. The smallest absolute Gasteiger partial charge is 0.269 e. The third-order valence-corrected chi connectivity index (χ3v) is 2.40. The van der Waals surface area contributed by atoms with Crippen molar-refractivity contribution in [1.82, 2.24) is 20.3 Å². The van der Waals surface area contributed by atoms with Gasteiger partial charge in [0, 0.05) is 31.2 Å². The number of hydrogen-bond acceptors (Lipinski definition) is 5. The van der Waals surface area contributed by atoms with Gasteiger partial charge in [0.05, 0.1) is 6.20 Å². The van der Waals surface area contributed by atoms with Crippen molar-refractivity contribution in [2.24, 2.45) is 0 Å². The highest BCUT2D eigenvalue weighted by molar-refractivity contribution is 5.92. The number of carbonyl (C=O) groups excluding carboxylic acids is 1. The van der Waals surface area contributed by atoms with Crippen LogP contribution in [0.3, 0.4) is 0 Å². The Labute approximate surface area is 111 Å². The van der Waals surface area contributed by atoms with Crippen molar-refractivity contribution in [2.75, 3.05) is 18.4 Å². The molecular weight excluding hydrogens is 242 g/mol. The van der Waals surface area contributed by atoms with Crippen molar-refractivity contribution in [3.8, 4) is 0 Å². The number of nitrogens with zero attached hydrogens (tertiary/aromatic N) is 3. The molecule has 0 aromatic carbocycles. The van der Waals surface area contributed by atoms with E-state index >= 15 is 0 Å².